The molecule has 0 aromatic rings. The molecule has 0 spiro atoms. The zero-order valence-electron chi connectivity index (χ0n) is 6.47. The third kappa shape index (κ3) is 4.26. The van der Waals surface area contributed by atoms with E-state index in [1.165, 1.54) is 0 Å². The van der Waals surface area contributed by atoms with E-state index in [-0.39, 0.29) is 19.0 Å². The van der Waals surface area contributed by atoms with Crippen molar-refractivity contribution in [3.8, 4) is 11.8 Å². The average Bonchev–Trinajstić information content (AvgIpc) is 2.03. The second-order valence-electron chi connectivity index (χ2n) is 2.50. The molecule has 0 saturated carbocycles. The smallest absolute Gasteiger partial charge is 0.104 e. The number of aliphatic hydroxyl groups excluding tert-OH is 1. The molecular formula is C8H14ClNO. The lowest BCUT2D eigenvalue weighted by atomic mass is 9.99. The Labute approximate surface area is 73.8 Å². The van der Waals surface area contributed by atoms with Gasteiger partial charge in [0.15, 0.2) is 0 Å². The van der Waals surface area contributed by atoms with E-state index in [2.05, 4.69) is 17.2 Å². The monoisotopic (exact) mass is 175 g/mol. The van der Waals surface area contributed by atoms with E-state index in [1.807, 2.05) is 0 Å². The Balaban J connectivity index is 0.000001000. The summed E-state index contributed by atoms with van der Waals surface area (Å²) in [6.07, 6.45) is 2.26. The van der Waals surface area contributed by atoms with Crippen molar-refractivity contribution in [1.82, 2.24) is 5.32 Å². The fourth-order valence-electron chi connectivity index (χ4n) is 1.16. The highest BCUT2D eigenvalue weighted by atomic mass is 35.5. The van der Waals surface area contributed by atoms with Crippen LogP contribution in [-0.4, -0.2) is 24.8 Å². The minimum absolute atomic E-state index is 0. The van der Waals surface area contributed by atoms with Gasteiger partial charge in [-0.2, -0.15) is 0 Å². The predicted molar refractivity (Wildman–Crippen MR) is 47.7 cm³/mol. The summed E-state index contributed by atoms with van der Waals surface area (Å²) in [6, 6.07) is 0. The first kappa shape index (κ1) is 10.8. The summed E-state index contributed by atoms with van der Waals surface area (Å²) in [6.45, 7) is 2.15. The zero-order chi connectivity index (χ0) is 7.23. The molecule has 0 radical (unpaired) electrons. The molecule has 0 aromatic heterocycles. The van der Waals surface area contributed by atoms with Gasteiger partial charge in [0, 0.05) is 5.92 Å². The molecule has 0 unspecified atom stereocenters. The average molecular weight is 176 g/mol. The Morgan fingerprint density at radius 1 is 1.36 bits per heavy atom. The van der Waals surface area contributed by atoms with Gasteiger partial charge in [-0.15, -0.1) is 12.4 Å². The van der Waals surface area contributed by atoms with Crippen LogP contribution in [0.2, 0.25) is 0 Å². The molecule has 0 aliphatic carbocycles. The van der Waals surface area contributed by atoms with Gasteiger partial charge in [-0.3, -0.25) is 0 Å². The van der Waals surface area contributed by atoms with Crippen molar-refractivity contribution in [3.05, 3.63) is 0 Å². The summed E-state index contributed by atoms with van der Waals surface area (Å²) in [7, 11) is 0. The molecule has 0 atom stereocenters. The molecule has 2 nitrogen and oxygen atoms in total. The van der Waals surface area contributed by atoms with Crippen LogP contribution in [0.25, 0.3) is 0 Å². The van der Waals surface area contributed by atoms with Crippen molar-refractivity contribution < 1.29 is 5.11 Å². The molecule has 64 valence electrons. The predicted octanol–water partition coefficient (Wildman–Crippen LogP) is 0.404. The SMILES string of the molecule is Cl.OCC#CC1CCNCC1. The van der Waals surface area contributed by atoms with Gasteiger partial charge in [0.05, 0.1) is 0 Å². The van der Waals surface area contributed by atoms with Crippen LogP contribution in [0, 0.1) is 17.8 Å². The van der Waals surface area contributed by atoms with Crippen molar-refractivity contribution in [2.24, 2.45) is 5.92 Å². The number of piperidine rings is 1. The Bertz CT molecular complexity index is 144. The highest BCUT2D eigenvalue weighted by Gasteiger charge is 2.08. The summed E-state index contributed by atoms with van der Waals surface area (Å²) < 4.78 is 0. The van der Waals surface area contributed by atoms with Crippen LogP contribution in [0.3, 0.4) is 0 Å². The first-order chi connectivity index (χ1) is 4.93. The Kier molecular flexibility index (Phi) is 6.34. The largest absolute Gasteiger partial charge is 0.384 e. The topological polar surface area (TPSA) is 32.3 Å². The first-order valence-corrected chi connectivity index (χ1v) is 3.73. The Hall–Kier alpha value is -0.230. The van der Waals surface area contributed by atoms with Crippen LogP contribution in [0.5, 0.6) is 0 Å². The maximum absolute atomic E-state index is 8.41. The van der Waals surface area contributed by atoms with Crippen LogP contribution in [-0.2, 0) is 0 Å². The van der Waals surface area contributed by atoms with Gasteiger partial charge in [0.1, 0.15) is 6.61 Å². The molecule has 1 saturated heterocycles. The molecule has 0 amide bonds. The molecule has 1 aliphatic rings. The maximum atomic E-state index is 8.41. The molecular weight excluding hydrogens is 162 g/mol. The van der Waals surface area contributed by atoms with Crippen molar-refractivity contribution in [2.45, 2.75) is 12.8 Å². The fraction of sp³-hybridized carbons (Fsp3) is 0.750. The van der Waals surface area contributed by atoms with E-state index in [9.17, 15) is 0 Å². The van der Waals surface area contributed by atoms with Gasteiger partial charge in [0.2, 0.25) is 0 Å². The number of aliphatic hydroxyl groups is 1. The zero-order valence-corrected chi connectivity index (χ0v) is 7.28. The second kappa shape index (κ2) is 6.48. The maximum Gasteiger partial charge on any atom is 0.104 e. The van der Waals surface area contributed by atoms with Crippen LogP contribution in [0.4, 0.5) is 0 Å². The van der Waals surface area contributed by atoms with Crippen molar-refractivity contribution in [3.63, 3.8) is 0 Å². The molecule has 1 fully saturated rings. The van der Waals surface area contributed by atoms with Gasteiger partial charge >= 0.3 is 0 Å². The standard InChI is InChI=1S/C8H13NO.ClH/c10-7-1-2-8-3-5-9-6-4-8;/h8-10H,3-7H2;1H. The lowest BCUT2D eigenvalue weighted by Crippen LogP contribution is -2.26. The summed E-state index contributed by atoms with van der Waals surface area (Å²) in [4.78, 5) is 0. The number of rotatable bonds is 0. The highest BCUT2D eigenvalue weighted by molar-refractivity contribution is 5.85. The molecule has 1 rings (SSSR count). The van der Waals surface area contributed by atoms with Gasteiger partial charge < -0.3 is 10.4 Å². The van der Waals surface area contributed by atoms with Gasteiger partial charge in [-0.25, -0.2) is 0 Å². The Morgan fingerprint density at radius 2 is 2.00 bits per heavy atom. The first-order valence-electron chi connectivity index (χ1n) is 3.73. The molecule has 3 heteroatoms. The van der Waals surface area contributed by atoms with Gasteiger partial charge in [-0.05, 0) is 25.9 Å². The minimum Gasteiger partial charge on any atom is -0.384 e. The second-order valence-corrected chi connectivity index (χ2v) is 2.50. The van der Waals surface area contributed by atoms with E-state index in [0.717, 1.165) is 25.9 Å². The molecule has 0 aromatic carbocycles. The number of halogens is 1. The van der Waals surface area contributed by atoms with Crippen molar-refractivity contribution >= 4 is 12.4 Å². The van der Waals surface area contributed by atoms with Gasteiger partial charge in [0.25, 0.3) is 0 Å². The van der Waals surface area contributed by atoms with E-state index in [4.69, 9.17) is 5.11 Å². The van der Waals surface area contributed by atoms with Gasteiger partial charge in [-0.1, -0.05) is 11.8 Å². The van der Waals surface area contributed by atoms with Crippen LogP contribution in [0.1, 0.15) is 12.8 Å². The van der Waals surface area contributed by atoms with E-state index >= 15 is 0 Å². The van der Waals surface area contributed by atoms with E-state index in [0.29, 0.717) is 5.92 Å². The summed E-state index contributed by atoms with van der Waals surface area (Å²) >= 11 is 0. The molecule has 0 bridgehead atoms. The van der Waals surface area contributed by atoms with E-state index in [1.54, 1.807) is 0 Å². The summed E-state index contributed by atoms with van der Waals surface area (Å²) in [5, 5.41) is 11.7. The van der Waals surface area contributed by atoms with Crippen molar-refractivity contribution in [1.29, 1.82) is 0 Å². The third-order valence-electron chi connectivity index (χ3n) is 1.72. The van der Waals surface area contributed by atoms with Crippen molar-refractivity contribution in [2.75, 3.05) is 19.7 Å². The molecule has 2 N–H and O–H groups in total. The summed E-state index contributed by atoms with van der Waals surface area (Å²) in [5.41, 5.74) is 0. The third-order valence-corrected chi connectivity index (χ3v) is 1.72. The fourth-order valence-corrected chi connectivity index (χ4v) is 1.16. The van der Waals surface area contributed by atoms with Crippen LogP contribution in [0.15, 0.2) is 0 Å². The normalized spacial score (nSPS) is 17.9. The molecule has 1 aliphatic heterocycles. The lowest BCUT2D eigenvalue weighted by Gasteiger charge is -2.16. The quantitative estimate of drug-likeness (QED) is 0.523. The number of hydrogen-bond acceptors (Lipinski definition) is 2. The van der Waals surface area contributed by atoms with Crippen LogP contribution >= 0.6 is 12.4 Å². The number of hydrogen-bond donors (Lipinski definition) is 2. The van der Waals surface area contributed by atoms with E-state index < -0.39 is 0 Å². The Morgan fingerprint density at radius 3 is 2.55 bits per heavy atom. The molecule has 11 heavy (non-hydrogen) atoms. The molecule has 1 heterocycles. The minimum atomic E-state index is 0. The van der Waals surface area contributed by atoms with Crippen LogP contribution < -0.4 is 5.32 Å². The highest BCUT2D eigenvalue weighted by Crippen LogP contribution is 2.08. The summed E-state index contributed by atoms with van der Waals surface area (Å²) in [5.74, 6) is 6.25. The lowest BCUT2D eigenvalue weighted by molar-refractivity contribution is 0.349. The number of nitrogens with one attached hydrogen (secondary N) is 1.